The molecule has 0 aliphatic carbocycles. The quantitative estimate of drug-likeness (QED) is 0.917. The Bertz CT molecular complexity index is 532. The van der Waals surface area contributed by atoms with E-state index in [4.69, 9.17) is 4.52 Å². The number of carboxylic acid groups (broad SMARTS) is 1. The van der Waals surface area contributed by atoms with Crippen molar-refractivity contribution in [1.29, 1.82) is 0 Å². The van der Waals surface area contributed by atoms with Gasteiger partial charge in [-0.3, -0.25) is 9.59 Å². The van der Waals surface area contributed by atoms with E-state index in [1.807, 2.05) is 13.8 Å². The lowest BCUT2D eigenvalue weighted by molar-refractivity contribution is -0.155. The molecule has 2 heterocycles. The number of aromatic nitrogens is 1. The van der Waals surface area contributed by atoms with Crippen molar-refractivity contribution in [3.8, 4) is 0 Å². The Morgan fingerprint density at radius 1 is 1.43 bits per heavy atom. The Hall–Kier alpha value is -1.85. The second-order valence-corrected chi connectivity index (χ2v) is 5.84. The zero-order valence-electron chi connectivity index (χ0n) is 12.8. The second kappa shape index (κ2) is 5.87. The molecule has 0 saturated carbocycles. The van der Waals surface area contributed by atoms with Crippen molar-refractivity contribution in [3.63, 3.8) is 0 Å². The Kier molecular flexibility index (Phi) is 4.34. The maximum atomic E-state index is 12.5. The first-order valence-corrected chi connectivity index (χ1v) is 7.32. The lowest BCUT2D eigenvalue weighted by Crippen LogP contribution is -2.50. The average molecular weight is 294 g/mol. The number of nitrogens with zero attached hydrogens (tertiary/aromatic N) is 2. The van der Waals surface area contributed by atoms with Crippen molar-refractivity contribution < 1.29 is 19.2 Å². The fourth-order valence-electron chi connectivity index (χ4n) is 2.98. The van der Waals surface area contributed by atoms with Crippen molar-refractivity contribution in [2.45, 2.75) is 46.5 Å². The van der Waals surface area contributed by atoms with Crippen LogP contribution in [-0.2, 0) is 16.0 Å². The molecule has 1 N–H and O–H groups in total. The van der Waals surface area contributed by atoms with Crippen LogP contribution in [0, 0.1) is 19.3 Å². The maximum absolute atomic E-state index is 12.5. The average Bonchev–Trinajstić information content (AvgIpc) is 2.78. The van der Waals surface area contributed by atoms with Gasteiger partial charge in [0.2, 0.25) is 5.91 Å². The molecular formula is C15H22N2O4. The number of hydrogen-bond acceptors (Lipinski definition) is 4. The summed E-state index contributed by atoms with van der Waals surface area (Å²) in [5.74, 6) is -0.208. The molecule has 6 heteroatoms. The molecular weight excluding hydrogens is 272 g/mol. The SMILES string of the molecule is CCC1(C(=O)O)CCCN(C(=O)Cc2c(C)noc2C)C1. The third-order valence-corrected chi connectivity index (χ3v) is 4.57. The Labute approximate surface area is 124 Å². The lowest BCUT2D eigenvalue weighted by atomic mass is 9.77. The van der Waals surface area contributed by atoms with E-state index in [0.717, 1.165) is 17.7 Å². The zero-order chi connectivity index (χ0) is 15.6. The molecule has 1 amide bonds. The number of aliphatic carboxylic acids is 1. The summed E-state index contributed by atoms with van der Waals surface area (Å²) < 4.78 is 5.07. The number of carbonyl (C=O) groups excluding carboxylic acids is 1. The minimum atomic E-state index is -0.806. The monoisotopic (exact) mass is 294 g/mol. The van der Waals surface area contributed by atoms with E-state index in [2.05, 4.69) is 5.16 Å². The van der Waals surface area contributed by atoms with Crippen molar-refractivity contribution in [2.75, 3.05) is 13.1 Å². The van der Waals surface area contributed by atoms with Crippen LogP contribution in [0.2, 0.25) is 0 Å². The molecule has 1 unspecified atom stereocenters. The highest BCUT2D eigenvalue weighted by Crippen LogP contribution is 2.34. The Morgan fingerprint density at radius 2 is 2.14 bits per heavy atom. The molecule has 0 aromatic carbocycles. The topological polar surface area (TPSA) is 83.6 Å². The fraction of sp³-hybridized carbons (Fsp3) is 0.667. The Morgan fingerprint density at radius 3 is 2.67 bits per heavy atom. The van der Waals surface area contributed by atoms with Crippen LogP contribution in [0.15, 0.2) is 4.52 Å². The van der Waals surface area contributed by atoms with Crippen LogP contribution < -0.4 is 0 Å². The number of carboxylic acids is 1. The third kappa shape index (κ3) is 2.94. The first-order chi connectivity index (χ1) is 9.89. The highest BCUT2D eigenvalue weighted by atomic mass is 16.5. The first-order valence-electron chi connectivity index (χ1n) is 7.32. The van der Waals surface area contributed by atoms with Crippen LogP contribution in [0.3, 0.4) is 0 Å². The van der Waals surface area contributed by atoms with Gasteiger partial charge in [0.15, 0.2) is 0 Å². The fourth-order valence-corrected chi connectivity index (χ4v) is 2.98. The number of amides is 1. The van der Waals surface area contributed by atoms with Crippen LogP contribution in [0.1, 0.15) is 43.2 Å². The van der Waals surface area contributed by atoms with E-state index in [1.165, 1.54) is 0 Å². The van der Waals surface area contributed by atoms with Crippen LogP contribution in [-0.4, -0.2) is 40.1 Å². The Balaban J connectivity index is 2.11. The molecule has 1 aliphatic heterocycles. The van der Waals surface area contributed by atoms with Gasteiger partial charge in [-0.2, -0.15) is 0 Å². The summed E-state index contributed by atoms with van der Waals surface area (Å²) in [6.07, 6.45) is 2.12. The van der Waals surface area contributed by atoms with E-state index in [9.17, 15) is 14.7 Å². The summed E-state index contributed by atoms with van der Waals surface area (Å²) >= 11 is 0. The minimum Gasteiger partial charge on any atom is -0.481 e. The van der Waals surface area contributed by atoms with Crippen molar-refractivity contribution >= 4 is 11.9 Å². The second-order valence-electron chi connectivity index (χ2n) is 5.84. The van der Waals surface area contributed by atoms with Gasteiger partial charge in [0.1, 0.15) is 5.76 Å². The van der Waals surface area contributed by atoms with Gasteiger partial charge in [-0.25, -0.2) is 0 Å². The summed E-state index contributed by atoms with van der Waals surface area (Å²) in [6, 6.07) is 0. The molecule has 0 bridgehead atoms. The number of piperidine rings is 1. The van der Waals surface area contributed by atoms with Gasteiger partial charge >= 0.3 is 5.97 Å². The molecule has 2 rings (SSSR count). The van der Waals surface area contributed by atoms with E-state index < -0.39 is 11.4 Å². The standard InChI is InChI=1S/C15H22N2O4/c1-4-15(14(19)20)6-5-7-17(9-15)13(18)8-12-10(2)16-21-11(12)3/h4-9H2,1-3H3,(H,19,20). The third-order valence-electron chi connectivity index (χ3n) is 4.57. The summed E-state index contributed by atoms with van der Waals surface area (Å²) in [6.45, 7) is 6.38. The zero-order valence-corrected chi connectivity index (χ0v) is 12.8. The molecule has 1 atom stereocenters. The summed E-state index contributed by atoms with van der Waals surface area (Å²) in [7, 11) is 0. The summed E-state index contributed by atoms with van der Waals surface area (Å²) in [4.78, 5) is 25.7. The van der Waals surface area contributed by atoms with E-state index >= 15 is 0 Å². The molecule has 1 saturated heterocycles. The summed E-state index contributed by atoms with van der Waals surface area (Å²) in [5.41, 5.74) is 0.730. The first kappa shape index (κ1) is 15.5. The smallest absolute Gasteiger partial charge is 0.311 e. The predicted octanol–water partition coefficient (Wildman–Crippen LogP) is 1.94. The minimum absolute atomic E-state index is 0.0526. The van der Waals surface area contributed by atoms with E-state index in [1.54, 1.807) is 11.8 Å². The normalized spacial score (nSPS) is 22.3. The van der Waals surface area contributed by atoms with E-state index in [0.29, 0.717) is 31.7 Å². The number of likely N-dealkylation sites (tertiary alicyclic amines) is 1. The molecule has 1 aromatic rings. The summed E-state index contributed by atoms with van der Waals surface area (Å²) in [5, 5.41) is 13.3. The number of rotatable bonds is 4. The van der Waals surface area contributed by atoms with Gasteiger partial charge < -0.3 is 14.5 Å². The molecule has 1 aromatic heterocycles. The van der Waals surface area contributed by atoms with Gasteiger partial charge in [-0.15, -0.1) is 0 Å². The van der Waals surface area contributed by atoms with Gasteiger partial charge in [0, 0.05) is 18.7 Å². The highest BCUT2D eigenvalue weighted by molar-refractivity contribution is 5.81. The van der Waals surface area contributed by atoms with Crippen LogP contribution in [0.25, 0.3) is 0 Å². The molecule has 6 nitrogen and oxygen atoms in total. The molecule has 0 radical (unpaired) electrons. The highest BCUT2D eigenvalue weighted by Gasteiger charge is 2.42. The van der Waals surface area contributed by atoms with E-state index in [-0.39, 0.29) is 12.3 Å². The lowest BCUT2D eigenvalue weighted by Gasteiger charge is -2.39. The van der Waals surface area contributed by atoms with Crippen LogP contribution in [0.4, 0.5) is 0 Å². The number of hydrogen-bond donors (Lipinski definition) is 1. The van der Waals surface area contributed by atoms with Crippen molar-refractivity contribution in [2.24, 2.45) is 5.41 Å². The van der Waals surface area contributed by atoms with Gasteiger partial charge in [-0.1, -0.05) is 12.1 Å². The number of aryl methyl sites for hydroxylation is 2. The van der Waals surface area contributed by atoms with Gasteiger partial charge in [-0.05, 0) is 33.1 Å². The maximum Gasteiger partial charge on any atom is 0.311 e. The van der Waals surface area contributed by atoms with Gasteiger partial charge in [0.25, 0.3) is 0 Å². The predicted molar refractivity (Wildman–Crippen MR) is 75.9 cm³/mol. The molecule has 21 heavy (non-hydrogen) atoms. The molecule has 0 spiro atoms. The molecule has 1 fully saturated rings. The number of carbonyl (C=O) groups is 2. The van der Waals surface area contributed by atoms with Crippen LogP contribution in [0.5, 0.6) is 0 Å². The van der Waals surface area contributed by atoms with Crippen molar-refractivity contribution in [1.82, 2.24) is 10.1 Å². The van der Waals surface area contributed by atoms with Gasteiger partial charge in [0.05, 0.1) is 17.5 Å². The van der Waals surface area contributed by atoms with Crippen LogP contribution >= 0.6 is 0 Å². The molecule has 1 aliphatic rings. The largest absolute Gasteiger partial charge is 0.481 e. The van der Waals surface area contributed by atoms with Crippen molar-refractivity contribution in [3.05, 3.63) is 17.0 Å². The molecule has 116 valence electrons.